The van der Waals surface area contributed by atoms with E-state index < -0.39 is 28.9 Å². The van der Waals surface area contributed by atoms with Crippen molar-refractivity contribution in [2.24, 2.45) is 0 Å². The van der Waals surface area contributed by atoms with E-state index in [2.05, 4.69) is 16.0 Å². The molecule has 10 heteroatoms. The normalized spacial score (nSPS) is 11.6. The Bertz CT molecular complexity index is 1950. The molecule has 0 bridgehead atoms. The largest absolute Gasteiger partial charge is 0.478 e. The van der Waals surface area contributed by atoms with Gasteiger partial charge < -0.3 is 21.1 Å². The Morgan fingerprint density at radius 3 is 2.00 bits per heavy atom. The quantitative estimate of drug-likeness (QED) is 0.0876. The summed E-state index contributed by atoms with van der Waals surface area (Å²) in [4.78, 5) is 52.1. The Morgan fingerprint density at radius 1 is 0.681 bits per heavy atom. The smallest absolute Gasteiger partial charge is 0.335 e. The summed E-state index contributed by atoms with van der Waals surface area (Å²) in [7, 11) is 0. The number of nitrogens with one attached hydrogen (secondary N) is 3. The number of hydrogen-bond donors (Lipinski definition) is 4. The van der Waals surface area contributed by atoms with Gasteiger partial charge in [-0.3, -0.25) is 14.4 Å². The average molecular weight is 646 g/mol. The van der Waals surface area contributed by atoms with Crippen molar-refractivity contribution in [3.8, 4) is 0 Å². The molecular weight excluding hydrogens is 617 g/mol. The lowest BCUT2D eigenvalue weighted by Crippen LogP contribution is -2.30. The first kappa shape index (κ1) is 32.4. The molecule has 47 heavy (non-hydrogen) atoms. The molecule has 5 aromatic carbocycles. The number of rotatable bonds is 11. The van der Waals surface area contributed by atoms with Crippen LogP contribution in [0.2, 0.25) is 0 Å². The number of thioether (sulfide) groups is 1. The number of halogens is 1. The van der Waals surface area contributed by atoms with Gasteiger partial charge in [0, 0.05) is 27.4 Å². The summed E-state index contributed by atoms with van der Waals surface area (Å²) < 4.78 is 14.5. The highest BCUT2D eigenvalue weighted by atomic mass is 32.2. The number of carboxylic acid groups (broad SMARTS) is 1. The van der Waals surface area contributed by atoms with Gasteiger partial charge in [-0.25, -0.2) is 9.18 Å². The van der Waals surface area contributed by atoms with Gasteiger partial charge in [0.25, 0.3) is 11.8 Å². The van der Waals surface area contributed by atoms with E-state index in [-0.39, 0.29) is 22.7 Å². The molecule has 0 aliphatic rings. The van der Waals surface area contributed by atoms with Gasteiger partial charge in [-0.2, -0.15) is 0 Å². The first-order chi connectivity index (χ1) is 22.8. The molecule has 3 amide bonds. The zero-order valence-corrected chi connectivity index (χ0v) is 25.5. The van der Waals surface area contributed by atoms with Gasteiger partial charge in [0.15, 0.2) is 0 Å². The van der Waals surface area contributed by atoms with Crippen LogP contribution in [0.1, 0.15) is 37.1 Å². The van der Waals surface area contributed by atoms with Crippen molar-refractivity contribution in [3.63, 3.8) is 0 Å². The number of carbonyl (C=O) groups excluding carboxylic acids is 3. The maximum absolute atomic E-state index is 14.5. The minimum atomic E-state index is -1.11. The monoisotopic (exact) mass is 645 g/mol. The molecule has 1 atom stereocenters. The lowest BCUT2D eigenvalue weighted by atomic mass is 10.1. The van der Waals surface area contributed by atoms with E-state index in [1.807, 2.05) is 30.3 Å². The first-order valence-corrected chi connectivity index (χ1v) is 15.2. The third-order valence-corrected chi connectivity index (χ3v) is 8.05. The van der Waals surface area contributed by atoms with Gasteiger partial charge in [0.2, 0.25) is 5.91 Å². The predicted molar refractivity (Wildman–Crippen MR) is 180 cm³/mol. The topological polar surface area (TPSA) is 125 Å². The van der Waals surface area contributed by atoms with Crippen molar-refractivity contribution in [3.05, 3.63) is 167 Å². The van der Waals surface area contributed by atoms with Crippen molar-refractivity contribution in [2.75, 3.05) is 10.6 Å². The fourth-order valence-corrected chi connectivity index (χ4v) is 5.59. The van der Waals surface area contributed by atoms with Crippen LogP contribution in [0.25, 0.3) is 6.08 Å². The first-order valence-electron chi connectivity index (χ1n) is 14.4. The molecule has 0 spiro atoms. The number of hydrogen-bond acceptors (Lipinski definition) is 5. The van der Waals surface area contributed by atoms with E-state index in [0.29, 0.717) is 27.4 Å². The van der Waals surface area contributed by atoms with Crippen molar-refractivity contribution in [1.29, 1.82) is 0 Å². The minimum absolute atomic E-state index is 0.0403. The standard InChI is InChI=1S/C37H28FN3O5S/c38-31-20-8-7-15-26(31)22-32(41-34(42)25-13-5-2-6-14-25)35(43)39-29-18-10-19-30(23-29)47-33(24-11-3-1-4-12-24)36(44)40-28-17-9-16-27(21-28)37(45)46/h1-23,33H,(H,39,43)(H,40,44)(H,41,42)(H,45,46)/b32-22-. The second-order valence-electron chi connectivity index (χ2n) is 10.2. The highest BCUT2D eigenvalue weighted by molar-refractivity contribution is 8.00. The molecule has 234 valence electrons. The van der Waals surface area contributed by atoms with E-state index in [4.69, 9.17) is 0 Å². The summed E-state index contributed by atoms with van der Waals surface area (Å²) in [6.45, 7) is 0. The zero-order chi connectivity index (χ0) is 33.2. The van der Waals surface area contributed by atoms with Crippen molar-refractivity contribution >= 4 is 52.9 Å². The van der Waals surface area contributed by atoms with Crippen molar-refractivity contribution in [1.82, 2.24) is 5.32 Å². The van der Waals surface area contributed by atoms with Gasteiger partial charge in [-0.05, 0) is 66.2 Å². The second kappa shape index (κ2) is 15.3. The Balaban J connectivity index is 1.38. The molecule has 1 unspecified atom stereocenters. The van der Waals surface area contributed by atoms with Gasteiger partial charge in [0.05, 0.1) is 5.56 Å². The molecule has 0 radical (unpaired) electrons. The van der Waals surface area contributed by atoms with Gasteiger partial charge in [0.1, 0.15) is 16.8 Å². The molecule has 4 N–H and O–H groups in total. The molecule has 5 rings (SSSR count). The van der Waals surface area contributed by atoms with Crippen LogP contribution in [0.3, 0.4) is 0 Å². The van der Waals surface area contributed by atoms with E-state index in [0.717, 1.165) is 0 Å². The fourth-order valence-electron chi connectivity index (χ4n) is 4.51. The summed E-state index contributed by atoms with van der Waals surface area (Å²) >= 11 is 1.23. The van der Waals surface area contributed by atoms with Crippen LogP contribution in [-0.2, 0) is 9.59 Å². The number of amides is 3. The van der Waals surface area contributed by atoms with Crippen molar-refractivity contribution < 1.29 is 28.7 Å². The lowest BCUT2D eigenvalue weighted by Gasteiger charge is -2.18. The highest BCUT2D eigenvalue weighted by Gasteiger charge is 2.23. The summed E-state index contributed by atoms with van der Waals surface area (Å²) in [6.07, 6.45) is 1.26. The van der Waals surface area contributed by atoms with Gasteiger partial charge >= 0.3 is 5.97 Å². The highest BCUT2D eigenvalue weighted by Crippen LogP contribution is 2.37. The molecular formula is C37H28FN3O5S. The number of benzene rings is 5. The number of carbonyl (C=O) groups is 4. The van der Waals surface area contributed by atoms with Gasteiger partial charge in [-0.15, -0.1) is 11.8 Å². The Kier molecular flexibility index (Phi) is 10.6. The Morgan fingerprint density at radius 2 is 1.30 bits per heavy atom. The fraction of sp³-hybridized carbons (Fsp3) is 0.0270. The predicted octanol–water partition coefficient (Wildman–Crippen LogP) is 7.41. The molecule has 0 aliphatic heterocycles. The maximum atomic E-state index is 14.5. The molecule has 0 fully saturated rings. The van der Waals surface area contributed by atoms with Crippen molar-refractivity contribution in [2.45, 2.75) is 10.1 Å². The maximum Gasteiger partial charge on any atom is 0.335 e. The van der Waals surface area contributed by atoms with Crippen LogP contribution >= 0.6 is 11.8 Å². The molecule has 8 nitrogen and oxygen atoms in total. The molecule has 0 saturated heterocycles. The molecule has 5 aromatic rings. The van der Waals surface area contributed by atoms with Crippen LogP contribution in [0.5, 0.6) is 0 Å². The average Bonchev–Trinajstić information content (AvgIpc) is 3.08. The van der Waals surface area contributed by atoms with Crippen LogP contribution in [-0.4, -0.2) is 28.8 Å². The zero-order valence-electron chi connectivity index (χ0n) is 24.7. The third-order valence-electron chi connectivity index (χ3n) is 6.80. The minimum Gasteiger partial charge on any atom is -0.478 e. The number of aromatic carboxylic acids is 1. The van der Waals surface area contributed by atoms with E-state index in [1.54, 1.807) is 72.8 Å². The summed E-state index contributed by atoms with van der Waals surface area (Å²) in [5.41, 5.74) is 1.71. The lowest BCUT2D eigenvalue weighted by molar-refractivity contribution is -0.116. The molecule has 0 saturated carbocycles. The third kappa shape index (κ3) is 8.80. The van der Waals surface area contributed by atoms with E-state index >= 15 is 0 Å². The number of carboxylic acids is 1. The molecule has 0 heterocycles. The van der Waals surface area contributed by atoms with E-state index in [1.165, 1.54) is 48.2 Å². The van der Waals surface area contributed by atoms with Gasteiger partial charge in [-0.1, -0.05) is 78.9 Å². The van der Waals surface area contributed by atoms with Crippen LogP contribution < -0.4 is 16.0 Å². The number of anilines is 2. The summed E-state index contributed by atoms with van der Waals surface area (Å²) in [5, 5.41) is 16.8. The van der Waals surface area contributed by atoms with Crippen LogP contribution in [0.4, 0.5) is 15.8 Å². The molecule has 0 aliphatic carbocycles. The van der Waals surface area contributed by atoms with E-state index in [9.17, 15) is 28.7 Å². The Hall–Kier alpha value is -6.00. The second-order valence-corrected chi connectivity index (χ2v) is 11.3. The Labute approximate surface area is 274 Å². The van der Waals surface area contributed by atoms with Crippen LogP contribution in [0.15, 0.2) is 144 Å². The SMILES string of the molecule is O=C(Nc1cccc(SC(C(=O)Nc2cccc(C(=O)O)c2)c2ccccc2)c1)/C(=C/c1ccccc1F)NC(=O)c1ccccc1. The summed E-state index contributed by atoms with van der Waals surface area (Å²) in [6, 6.07) is 36.1. The summed E-state index contributed by atoms with van der Waals surface area (Å²) in [5.74, 6) is -3.28. The van der Waals surface area contributed by atoms with Crippen LogP contribution in [0, 0.1) is 5.82 Å². The molecule has 0 aromatic heterocycles.